The van der Waals surface area contributed by atoms with Crippen LogP contribution >= 0.6 is 11.3 Å². The predicted octanol–water partition coefficient (Wildman–Crippen LogP) is 5.86. The van der Waals surface area contributed by atoms with E-state index in [1.54, 1.807) is 18.3 Å². The number of benzene rings is 1. The van der Waals surface area contributed by atoms with Crippen molar-refractivity contribution < 1.29 is 27.8 Å². The Labute approximate surface area is 210 Å². The zero-order valence-corrected chi connectivity index (χ0v) is 21.1. The molecule has 0 radical (unpaired) electrons. The van der Waals surface area contributed by atoms with Gasteiger partial charge in [0.2, 0.25) is 5.95 Å². The topological polar surface area (TPSA) is 97.2 Å². The van der Waals surface area contributed by atoms with Gasteiger partial charge in [0, 0.05) is 18.1 Å². The summed E-state index contributed by atoms with van der Waals surface area (Å²) in [4.78, 5) is 25.0. The zero-order chi connectivity index (χ0) is 26.3. The van der Waals surface area contributed by atoms with Crippen LogP contribution in [-0.2, 0) is 21.3 Å². The second-order valence-electron chi connectivity index (χ2n) is 9.82. The number of rotatable bonds is 5. The number of esters is 1. The van der Waals surface area contributed by atoms with Crippen molar-refractivity contribution in [1.29, 1.82) is 0 Å². The molecule has 3 aromatic rings. The second-order valence-corrected chi connectivity index (χ2v) is 10.8. The molecule has 1 saturated carbocycles. The Kier molecular flexibility index (Phi) is 6.82. The van der Waals surface area contributed by atoms with E-state index >= 15 is 0 Å². The first-order chi connectivity index (χ1) is 16.8. The lowest BCUT2D eigenvalue weighted by Gasteiger charge is -2.44. The van der Waals surface area contributed by atoms with Crippen LogP contribution in [0, 0.1) is 18.3 Å². The highest BCUT2D eigenvalue weighted by atomic mass is 32.1. The number of nitrogens with one attached hydrogen (secondary N) is 1. The summed E-state index contributed by atoms with van der Waals surface area (Å²) in [5.41, 5.74) is -0.490. The van der Waals surface area contributed by atoms with Crippen LogP contribution < -0.4 is 5.32 Å². The molecule has 0 spiro atoms. The van der Waals surface area contributed by atoms with E-state index in [2.05, 4.69) is 20.3 Å². The molecule has 2 heterocycles. The Hall–Kier alpha value is -3.05. The Bertz CT molecular complexity index is 1280. The van der Waals surface area contributed by atoms with E-state index < -0.39 is 22.9 Å². The fraction of sp³-hybridized carbons (Fsp3) is 0.440. The molecule has 1 aliphatic carbocycles. The lowest BCUT2D eigenvalue weighted by atomic mass is 9.63. The van der Waals surface area contributed by atoms with E-state index in [4.69, 9.17) is 4.74 Å². The van der Waals surface area contributed by atoms with Gasteiger partial charge < -0.3 is 15.2 Å². The largest absolute Gasteiger partial charge is 0.469 e. The number of methoxy groups -OCH3 is 1. The maximum atomic E-state index is 13.0. The highest BCUT2D eigenvalue weighted by molar-refractivity contribution is 7.15. The summed E-state index contributed by atoms with van der Waals surface area (Å²) < 4.78 is 44.0. The van der Waals surface area contributed by atoms with E-state index in [9.17, 15) is 23.1 Å². The van der Waals surface area contributed by atoms with Crippen molar-refractivity contribution in [2.24, 2.45) is 11.3 Å². The van der Waals surface area contributed by atoms with Crippen LogP contribution in [0.25, 0.3) is 10.4 Å². The van der Waals surface area contributed by atoms with E-state index in [1.165, 1.54) is 18.4 Å². The Morgan fingerprint density at radius 3 is 2.67 bits per heavy atom. The predicted molar refractivity (Wildman–Crippen MR) is 130 cm³/mol. The number of aromatic nitrogens is 3. The van der Waals surface area contributed by atoms with Crippen LogP contribution in [0.3, 0.4) is 0 Å². The number of hydrogen-bond acceptors (Lipinski definition) is 8. The van der Waals surface area contributed by atoms with Gasteiger partial charge in [0.1, 0.15) is 16.3 Å². The minimum absolute atomic E-state index is 0.162. The van der Waals surface area contributed by atoms with E-state index in [1.807, 2.05) is 26.8 Å². The number of anilines is 2. The third-order valence-corrected chi connectivity index (χ3v) is 7.73. The summed E-state index contributed by atoms with van der Waals surface area (Å²) in [6.07, 6.45) is -0.601. The lowest BCUT2D eigenvalue weighted by Crippen LogP contribution is -2.45. The van der Waals surface area contributed by atoms with Gasteiger partial charge in [-0.1, -0.05) is 19.9 Å². The molecule has 0 aliphatic heterocycles. The van der Waals surface area contributed by atoms with E-state index in [-0.39, 0.29) is 17.8 Å². The molecule has 192 valence electrons. The zero-order valence-electron chi connectivity index (χ0n) is 20.3. The van der Waals surface area contributed by atoms with Crippen molar-refractivity contribution in [1.82, 2.24) is 15.0 Å². The van der Waals surface area contributed by atoms with Gasteiger partial charge in [-0.15, -0.1) is 11.3 Å². The van der Waals surface area contributed by atoms with Crippen molar-refractivity contribution in [2.75, 3.05) is 12.4 Å². The molecule has 7 nitrogen and oxygen atoms in total. The first-order valence-electron chi connectivity index (χ1n) is 11.4. The summed E-state index contributed by atoms with van der Waals surface area (Å²) in [6, 6.07) is 6.29. The quantitative estimate of drug-likeness (QED) is 0.407. The SMILES string of the molecule is COC(=O)[C@@H]1CC[C@@](O)(c2ncc(-c3cc(C)cc(Nc4nccc(C(F)(F)F)n4)c3)s2)CC1(C)C. The van der Waals surface area contributed by atoms with Gasteiger partial charge in [0.15, 0.2) is 0 Å². The van der Waals surface area contributed by atoms with Gasteiger partial charge in [0.25, 0.3) is 0 Å². The number of alkyl halides is 3. The number of thiazole rings is 1. The van der Waals surface area contributed by atoms with Gasteiger partial charge >= 0.3 is 12.1 Å². The molecule has 36 heavy (non-hydrogen) atoms. The molecule has 0 unspecified atom stereocenters. The number of hydrogen-bond donors (Lipinski definition) is 2. The lowest BCUT2D eigenvalue weighted by molar-refractivity contribution is -0.157. The Morgan fingerprint density at radius 1 is 1.25 bits per heavy atom. The molecular weight excluding hydrogens is 493 g/mol. The third kappa shape index (κ3) is 5.36. The summed E-state index contributed by atoms with van der Waals surface area (Å²) in [6.45, 7) is 5.76. The molecule has 2 aromatic heterocycles. The van der Waals surface area contributed by atoms with Crippen molar-refractivity contribution in [3.05, 3.63) is 52.9 Å². The minimum atomic E-state index is -4.57. The van der Waals surface area contributed by atoms with Gasteiger partial charge in [-0.05, 0) is 60.9 Å². The first-order valence-corrected chi connectivity index (χ1v) is 12.2. The summed E-state index contributed by atoms with van der Waals surface area (Å²) >= 11 is 1.35. The number of carbonyl (C=O) groups is 1. The minimum Gasteiger partial charge on any atom is -0.469 e. The smallest absolute Gasteiger partial charge is 0.433 e. The normalized spacial score (nSPS) is 21.7. The molecule has 0 bridgehead atoms. The molecule has 0 saturated heterocycles. The average molecular weight is 521 g/mol. The molecule has 2 atom stereocenters. The van der Waals surface area contributed by atoms with Crippen LogP contribution in [0.2, 0.25) is 0 Å². The number of carbonyl (C=O) groups excluding carboxylic acids is 1. The van der Waals surface area contributed by atoms with Crippen LogP contribution in [-0.4, -0.2) is 33.1 Å². The van der Waals surface area contributed by atoms with Crippen LogP contribution in [0.1, 0.15) is 49.4 Å². The number of ether oxygens (including phenoxy) is 1. The monoisotopic (exact) mass is 520 g/mol. The Balaban J connectivity index is 1.58. The molecule has 2 N–H and O–H groups in total. The van der Waals surface area contributed by atoms with E-state index in [0.717, 1.165) is 28.3 Å². The maximum absolute atomic E-state index is 13.0. The number of halogens is 3. The Morgan fingerprint density at radius 2 is 2.00 bits per heavy atom. The fourth-order valence-corrected chi connectivity index (χ4v) is 5.85. The van der Waals surface area contributed by atoms with Gasteiger partial charge in [0.05, 0.1) is 17.9 Å². The molecule has 1 fully saturated rings. The van der Waals surface area contributed by atoms with Crippen LogP contribution in [0.4, 0.5) is 24.8 Å². The second kappa shape index (κ2) is 9.44. The van der Waals surface area contributed by atoms with Gasteiger partial charge in [-0.3, -0.25) is 4.79 Å². The summed E-state index contributed by atoms with van der Waals surface area (Å²) in [5, 5.41) is 14.9. The van der Waals surface area contributed by atoms with Gasteiger partial charge in [-0.25, -0.2) is 15.0 Å². The van der Waals surface area contributed by atoms with Crippen molar-refractivity contribution >= 4 is 28.9 Å². The third-order valence-electron chi connectivity index (χ3n) is 6.49. The number of aliphatic hydroxyl groups is 1. The maximum Gasteiger partial charge on any atom is 0.433 e. The van der Waals surface area contributed by atoms with Crippen LogP contribution in [0.15, 0.2) is 36.7 Å². The number of aryl methyl sites for hydroxylation is 1. The molecule has 11 heteroatoms. The highest BCUT2D eigenvalue weighted by Gasteiger charge is 2.49. The molecule has 4 rings (SSSR count). The first kappa shape index (κ1) is 26.0. The highest BCUT2D eigenvalue weighted by Crippen LogP contribution is 2.51. The average Bonchev–Trinajstić information content (AvgIpc) is 3.29. The molecular formula is C25H27F3N4O3S. The standard InChI is InChI=1S/C25H27F3N4O3S/c1-14-9-15(11-16(10-14)31-22-29-8-6-19(32-22)25(26,27)28)18-12-30-21(36-18)24(34)7-5-17(20(33)35-4)23(2,3)13-24/h6,8-12,17,34H,5,7,13H2,1-4H3,(H,29,31,32)/t17-,24-/m0/s1. The molecule has 1 aliphatic rings. The molecule has 1 aromatic carbocycles. The van der Waals surface area contributed by atoms with Crippen molar-refractivity contribution in [3.63, 3.8) is 0 Å². The summed E-state index contributed by atoms with van der Waals surface area (Å²) in [7, 11) is 1.37. The summed E-state index contributed by atoms with van der Waals surface area (Å²) in [5.74, 6) is -0.734. The molecule has 0 amide bonds. The number of nitrogens with zero attached hydrogens (tertiary/aromatic N) is 3. The van der Waals surface area contributed by atoms with Gasteiger partial charge in [-0.2, -0.15) is 13.2 Å². The fourth-order valence-electron chi connectivity index (χ4n) is 4.83. The van der Waals surface area contributed by atoms with Crippen molar-refractivity contribution in [2.45, 2.75) is 51.8 Å². The van der Waals surface area contributed by atoms with E-state index in [0.29, 0.717) is 30.0 Å². The van der Waals surface area contributed by atoms with Crippen LogP contribution in [0.5, 0.6) is 0 Å². The van der Waals surface area contributed by atoms with Crippen molar-refractivity contribution in [3.8, 4) is 10.4 Å².